The van der Waals surface area contributed by atoms with Gasteiger partial charge in [-0.25, -0.2) is 0 Å². The van der Waals surface area contributed by atoms with Crippen LogP contribution < -0.4 is 19.6 Å². The third-order valence-corrected chi connectivity index (χ3v) is 30.7. The number of nitrogens with zero attached hydrogens (tertiary/aromatic N) is 4. The molecule has 0 saturated heterocycles. The van der Waals surface area contributed by atoms with Crippen molar-refractivity contribution in [1.82, 2.24) is 0 Å². The van der Waals surface area contributed by atoms with Crippen LogP contribution in [-0.4, -0.2) is 20.0 Å². The van der Waals surface area contributed by atoms with Crippen molar-refractivity contribution < 1.29 is 9.59 Å². The molecule has 6 nitrogen and oxygen atoms in total. The van der Waals surface area contributed by atoms with Gasteiger partial charge in [-0.15, -0.1) is 45.3 Å². The van der Waals surface area contributed by atoms with Crippen LogP contribution in [0.25, 0.3) is 0 Å². The molecule has 0 amide bonds. The first-order valence-electron chi connectivity index (χ1n) is 42.1. The third-order valence-electron chi connectivity index (χ3n) is 25.3. The van der Waals surface area contributed by atoms with Crippen molar-refractivity contribution in [2.45, 2.75) is 83.5 Å². The number of benzene rings is 14. The van der Waals surface area contributed by atoms with Crippen LogP contribution >= 0.6 is 61.3 Å². The number of fused-ring (bicyclic) bond motifs is 16. The standard InChI is InChI=1S/C64H50N2S2.C34H22N2O2S2.C15H15Br.2CH4.B/c1-61(2)47-33-17-21-37-51(47)63(52-38-22-18-34-48(52)61)55-41-57(65(43-25-9-5-10-26-43)44-27-11-6-12-28-44)68-60(55)64(53-39-23-19-35-49(53)62(3,4)50-36-20-24-40-54(50)64)56-42-58(67-59(56)63)66(45-29-13-7-14-30-45)46-31-15-8-16-32-46;37-31-27-21-29(35(23-13-5-1-6-14-23)24-15-7-2-8-16-24)39-33(27)32(38)28-22-30(40-34(28)31)36(25-17-9-3-10-18-25)26-19-11-4-12-20-26;1-15(2,12-8-4-3-5-9-12)13-10-6-7-11-14(13)16;;;/h5-42H,1-4H3;1-22H;3-11H,1-2H3;2*1H4;. The lowest BCUT2D eigenvalue weighted by Crippen LogP contribution is -2.50. The Balaban J connectivity index is 0.000000162. The number of ketones is 2. The molecule has 0 fully saturated rings. The summed E-state index contributed by atoms with van der Waals surface area (Å²) in [4.78, 5) is 40.7. The maximum atomic E-state index is 13.9. The van der Waals surface area contributed by atoms with E-state index in [0.29, 0.717) is 20.9 Å². The fourth-order valence-corrected chi connectivity index (χ4v) is 25.6. The average molecular weight is 1780 g/mol. The van der Waals surface area contributed by atoms with E-state index in [0.717, 1.165) is 55.5 Å². The number of anilines is 12. The highest BCUT2D eigenvalue weighted by Crippen LogP contribution is 2.71. The second-order valence-electron chi connectivity index (χ2n) is 33.4. The van der Waals surface area contributed by atoms with Crippen molar-refractivity contribution >= 4 is 147 Å². The molecule has 3 radical (unpaired) electrons. The lowest BCUT2D eigenvalue weighted by atomic mass is 9.48. The van der Waals surface area contributed by atoms with Crippen molar-refractivity contribution in [3.05, 3.63) is 520 Å². The zero-order chi connectivity index (χ0) is 84.5. The molecular formula is C115H95BBrN4O2S4. The largest absolute Gasteiger partial charge is 0.302 e. The zero-order valence-electron chi connectivity index (χ0n) is 70.0. The minimum absolute atomic E-state index is 0. The molecule has 2 spiro atoms. The molecule has 4 aromatic heterocycles. The second kappa shape index (κ2) is 35.1. The molecule has 0 N–H and O–H groups in total. The van der Waals surface area contributed by atoms with Crippen LogP contribution in [0.3, 0.4) is 0 Å². The summed E-state index contributed by atoms with van der Waals surface area (Å²) < 4.78 is 1.17. The third kappa shape index (κ3) is 14.5. The molecule has 127 heavy (non-hydrogen) atoms. The van der Waals surface area contributed by atoms with Crippen molar-refractivity contribution in [2.75, 3.05) is 19.6 Å². The lowest BCUT2D eigenvalue weighted by molar-refractivity contribution is 0.0986. The van der Waals surface area contributed by atoms with E-state index in [2.05, 4.69) is 362 Å². The van der Waals surface area contributed by atoms with Crippen molar-refractivity contribution in [2.24, 2.45) is 0 Å². The maximum absolute atomic E-state index is 13.9. The normalized spacial score (nSPS) is 13.7. The molecule has 0 unspecified atom stereocenters. The summed E-state index contributed by atoms with van der Waals surface area (Å²) in [5.41, 5.74) is 23.7. The summed E-state index contributed by atoms with van der Waals surface area (Å²) in [6, 6.07) is 149. The molecule has 0 bridgehead atoms. The molecule has 4 aliphatic rings. The van der Waals surface area contributed by atoms with Gasteiger partial charge < -0.3 is 19.6 Å². The van der Waals surface area contributed by atoms with Gasteiger partial charge in [0.1, 0.15) is 20.0 Å². The zero-order valence-corrected chi connectivity index (χ0v) is 74.9. The van der Waals surface area contributed by atoms with Gasteiger partial charge in [0.05, 0.1) is 20.6 Å². The van der Waals surface area contributed by atoms with Crippen LogP contribution in [0.2, 0.25) is 0 Å². The number of hydrogen-bond acceptors (Lipinski definition) is 10. The minimum atomic E-state index is -0.675. The molecule has 12 heteroatoms. The number of thiophene rings is 4. The smallest absolute Gasteiger partial charge is 0.205 e. The summed E-state index contributed by atoms with van der Waals surface area (Å²) in [5, 5.41) is 4.04. The Bertz CT molecular complexity index is 6250. The number of hydrogen-bond donors (Lipinski definition) is 0. The predicted molar refractivity (Wildman–Crippen MR) is 543 cm³/mol. The highest BCUT2D eigenvalue weighted by molar-refractivity contribution is 9.10. The van der Waals surface area contributed by atoms with Gasteiger partial charge in [0.25, 0.3) is 0 Å². The quantitative estimate of drug-likeness (QED) is 0.101. The first kappa shape index (κ1) is 86.1. The second-order valence-corrected chi connectivity index (χ2v) is 38.4. The maximum Gasteiger partial charge on any atom is 0.205 e. The van der Waals surface area contributed by atoms with Gasteiger partial charge in [0, 0.05) is 95.5 Å². The van der Waals surface area contributed by atoms with Gasteiger partial charge in [-0.2, -0.15) is 0 Å². The summed E-state index contributed by atoms with van der Waals surface area (Å²) in [5.74, 6) is -0.212. The van der Waals surface area contributed by atoms with Gasteiger partial charge in [-0.3, -0.25) is 9.59 Å². The average Bonchev–Trinajstić information content (AvgIpc) is 1.55. The van der Waals surface area contributed by atoms with E-state index in [1.54, 1.807) is 0 Å². The van der Waals surface area contributed by atoms with Crippen LogP contribution in [0.15, 0.2) is 423 Å². The van der Waals surface area contributed by atoms with E-state index < -0.39 is 10.8 Å². The van der Waals surface area contributed by atoms with E-state index in [9.17, 15) is 9.59 Å². The van der Waals surface area contributed by atoms with E-state index >= 15 is 0 Å². The summed E-state index contributed by atoms with van der Waals surface area (Å²) in [6.45, 7) is 14.2. The van der Waals surface area contributed by atoms with Gasteiger partial charge in [-0.05, 0) is 194 Å². The Morgan fingerprint density at radius 2 is 0.472 bits per heavy atom. The van der Waals surface area contributed by atoms with Crippen LogP contribution in [0, 0.1) is 0 Å². The molecule has 0 saturated carbocycles. The van der Waals surface area contributed by atoms with E-state index in [1.165, 1.54) is 114 Å². The Kier molecular flexibility index (Phi) is 23.8. The van der Waals surface area contributed by atoms with Gasteiger partial charge in [0.2, 0.25) is 11.6 Å². The number of rotatable bonds is 14. The van der Waals surface area contributed by atoms with Gasteiger partial charge in [0.15, 0.2) is 0 Å². The Hall–Kier alpha value is -13.0. The topological polar surface area (TPSA) is 47.1 Å². The van der Waals surface area contributed by atoms with Gasteiger partial charge >= 0.3 is 0 Å². The monoisotopic (exact) mass is 1780 g/mol. The van der Waals surface area contributed by atoms with E-state index in [1.807, 2.05) is 156 Å². The number of para-hydroxylation sites is 8. The molecule has 4 heterocycles. The SMILES string of the molecule is C.C.CC(C)(c1ccccc1)c1ccccc1Br.CC1(C)c2ccccc2C2(c3ccccc31)c1cc(N(c3ccccc3)c3ccccc3)sc1C1(c3ccccc3C(C)(C)c3ccccc31)c1cc(N(c3ccccc3)c3ccccc3)sc12.O=C1c2cc(N(c3ccccc3)c3ccccc3)sc2C(=O)c2cc(N(c3ccccc3)c3ccccc3)sc21.[B]. The Morgan fingerprint density at radius 3 is 0.724 bits per heavy atom. The minimum Gasteiger partial charge on any atom is -0.302 e. The first-order chi connectivity index (χ1) is 60.6. The summed E-state index contributed by atoms with van der Waals surface area (Å²) in [7, 11) is 0. The molecule has 4 aliphatic carbocycles. The van der Waals surface area contributed by atoms with Crippen LogP contribution in [0.1, 0.15) is 163 Å². The highest BCUT2D eigenvalue weighted by atomic mass is 79.9. The number of carbonyl (C=O) groups excluding carboxylic acids is 2. The number of halogens is 1. The highest BCUT2D eigenvalue weighted by Gasteiger charge is 2.63. The van der Waals surface area contributed by atoms with Crippen LogP contribution in [0.5, 0.6) is 0 Å². The van der Waals surface area contributed by atoms with Crippen molar-refractivity contribution in [1.29, 1.82) is 0 Å². The number of carbonyl (C=O) groups is 2. The van der Waals surface area contributed by atoms with Crippen LogP contribution in [0.4, 0.5) is 65.5 Å². The molecular weight excluding hydrogens is 1690 g/mol. The van der Waals surface area contributed by atoms with Crippen molar-refractivity contribution in [3.8, 4) is 0 Å². The Morgan fingerprint density at radius 1 is 0.260 bits per heavy atom. The summed E-state index contributed by atoms with van der Waals surface area (Å²) >= 11 is 10.3. The van der Waals surface area contributed by atoms with E-state index in [-0.39, 0.29) is 51.1 Å². The predicted octanol–water partition coefficient (Wildman–Crippen LogP) is 32.3. The fraction of sp³-hybridized carbons (Fsp3) is 0.113. The first-order valence-corrected chi connectivity index (χ1v) is 46.1. The molecule has 0 aliphatic heterocycles. The molecule has 14 aromatic carbocycles. The van der Waals surface area contributed by atoms with E-state index in [4.69, 9.17) is 0 Å². The molecule has 18 aromatic rings. The molecule has 22 rings (SSSR count). The molecule has 0 atom stereocenters. The van der Waals surface area contributed by atoms with Gasteiger partial charge in [-0.1, -0.05) is 364 Å². The lowest BCUT2D eigenvalue weighted by Gasteiger charge is -2.55. The Labute approximate surface area is 773 Å². The fourth-order valence-electron chi connectivity index (χ4n) is 19.5. The van der Waals surface area contributed by atoms with Crippen molar-refractivity contribution in [3.63, 3.8) is 0 Å². The van der Waals surface area contributed by atoms with Crippen LogP contribution in [-0.2, 0) is 27.1 Å². The molecule has 621 valence electrons. The summed E-state index contributed by atoms with van der Waals surface area (Å²) in [6.07, 6.45) is 0.